The maximum Gasteiger partial charge on any atom is 0.431 e. The monoisotopic (exact) mass is 258 g/mol. The Balaban J connectivity index is 2.02. The summed E-state index contributed by atoms with van der Waals surface area (Å²) in [5.41, 5.74) is 3.09. The number of para-hydroxylation sites is 1. The second-order valence-corrected chi connectivity index (χ2v) is 3.56. The van der Waals surface area contributed by atoms with Crippen LogP contribution in [-0.2, 0) is 4.79 Å². The van der Waals surface area contributed by atoms with Gasteiger partial charge in [0.2, 0.25) is 0 Å². The predicted octanol–water partition coefficient (Wildman–Crippen LogP) is 1.51. The number of allylic oxidation sites excluding steroid dienone is 1. The smallest absolute Gasteiger partial charge is 0.425 e. The molecule has 2 rings (SSSR count). The normalized spacial score (nSPS) is 19.1. The summed E-state index contributed by atoms with van der Waals surface area (Å²) < 4.78 is 41.8. The van der Waals surface area contributed by atoms with Crippen molar-refractivity contribution in [1.82, 2.24) is 10.9 Å². The van der Waals surface area contributed by atoms with Crippen molar-refractivity contribution < 1.29 is 22.7 Å². The van der Waals surface area contributed by atoms with Crippen molar-refractivity contribution in [2.75, 3.05) is 0 Å². The molecule has 4 nitrogen and oxygen atoms in total. The van der Waals surface area contributed by atoms with E-state index in [0.717, 1.165) is 6.08 Å². The zero-order valence-electron chi connectivity index (χ0n) is 8.99. The van der Waals surface area contributed by atoms with Crippen molar-refractivity contribution >= 4 is 5.97 Å². The Kier molecular flexibility index (Phi) is 3.24. The van der Waals surface area contributed by atoms with Crippen LogP contribution in [0.1, 0.15) is 0 Å². The predicted molar refractivity (Wildman–Crippen MR) is 56.3 cm³/mol. The number of esters is 1. The van der Waals surface area contributed by atoms with Gasteiger partial charge >= 0.3 is 12.1 Å². The van der Waals surface area contributed by atoms with Crippen LogP contribution in [0.3, 0.4) is 0 Å². The van der Waals surface area contributed by atoms with Crippen LogP contribution in [0.25, 0.3) is 0 Å². The average Bonchev–Trinajstić information content (AvgIpc) is 2.79. The van der Waals surface area contributed by atoms with Crippen molar-refractivity contribution in [2.24, 2.45) is 0 Å². The lowest BCUT2D eigenvalue weighted by Crippen LogP contribution is -2.40. The second kappa shape index (κ2) is 4.69. The van der Waals surface area contributed by atoms with Crippen molar-refractivity contribution in [3.8, 4) is 5.75 Å². The van der Waals surface area contributed by atoms with Crippen molar-refractivity contribution in [3.63, 3.8) is 0 Å². The second-order valence-electron chi connectivity index (χ2n) is 3.56. The van der Waals surface area contributed by atoms with E-state index in [0.29, 0.717) is 0 Å². The van der Waals surface area contributed by atoms with E-state index in [2.05, 4.69) is 5.43 Å². The third-order valence-electron chi connectivity index (χ3n) is 2.22. The minimum Gasteiger partial charge on any atom is -0.425 e. The van der Waals surface area contributed by atoms with Gasteiger partial charge in [0, 0.05) is 0 Å². The first-order chi connectivity index (χ1) is 8.47. The number of rotatable bonds is 2. The first-order valence-corrected chi connectivity index (χ1v) is 5.04. The van der Waals surface area contributed by atoms with Gasteiger partial charge in [-0.05, 0) is 18.2 Å². The van der Waals surface area contributed by atoms with Crippen molar-refractivity contribution in [1.29, 1.82) is 0 Å². The summed E-state index contributed by atoms with van der Waals surface area (Å²) in [5, 5.41) is 0. The maximum atomic E-state index is 12.3. The van der Waals surface area contributed by atoms with Gasteiger partial charge in [-0.3, -0.25) is 0 Å². The van der Waals surface area contributed by atoms with Gasteiger partial charge in [-0.2, -0.15) is 13.2 Å². The molecule has 1 aromatic carbocycles. The average molecular weight is 258 g/mol. The van der Waals surface area contributed by atoms with Crippen molar-refractivity contribution in [2.45, 2.75) is 12.2 Å². The Bertz CT molecular complexity index is 471. The highest BCUT2D eigenvalue weighted by Crippen LogP contribution is 2.25. The molecule has 0 aromatic heterocycles. The summed E-state index contributed by atoms with van der Waals surface area (Å²) in [6, 6.07) is 6.94. The number of benzene rings is 1. The molecule has 1 aromatic rings. The summed E-state index contributed by atoms with van der Waals surface area (Å²) >= 11 is 0. The van der Waals surface area contributed by atoms with Crippen LogP contribution in [0.5, 0.6) is 5.75 Å². The standard InChI is InChI=1S/C11H9F3N2O2/c12-11(13,14)9-6-8(15-16-9)10(17)18-7-4-2-1-3-5-7/h1-6,8,15-16H. The molecule has 1 heterocycles. The summed E-state index contributed by atoms with van der Waals surface area (Å²) in [6.45, 7) is 0. The Morgan fingerprint density at radius 1 is 1.22 bits per heavy atom. The highest BCUT2D eigenvalue weighted by atomic mass is 19.4. The first-order valence-electron chi connectivity index (χ1n) is 5.04. The number of ether oxygens (including phenoxy) is 1. The molecule has 96 valence electrons. The number of carbonyl (C=O) groups excluding carboxylic acids is 1. The number of nitrogens with one attached hydrogen (secondary N) is 2. The first kappa shape index (κ1) is 12.4. The largest absolute Gasteiger partial charge is 0.431 e. The minimum atomic E-state index is -4.52. The molecule has 0 saturated heterocycles. The summed E-state index contributed by atoms with van der Waals surface area (Å²) in [5.74, 6) is -0.536. The molecule has 18 heavy (non-hydrogen) atoms. The topological polar surface area (TPSA) is 50.4 Å². The van der Waals surface area contributed by atoms with Crippen LogP contribution in [0.15, 0.2) is 42.1 Å². The van der Waals surface area contributed by atoms with E-state index in [1.807, 2.05) is 5.43 Å². The molecule has 1 unspecified atom stereocenters. The molecule has 0 saturated carbocycles. The molecule has 0 radical (unpaired) electrons. The van der Waals surface area contributed by atoms with Crippen LogP contribution >= 0.6 is 0 Å². The van der Waals surface area contributed by atoms with Gasteiger partial charge in [0.1, 0.15) is 17.5 Å². The number of carbonyl (C=O) groups is 1. The SMILES string of the molecule is O=C(Oc1ccccc1)C1C=C(C(F)(F)F)NN1. The zero-order valence-corrected chi connectivity index (χ0v) is 8.99. The molecular formula is C11H9F3N2O2. The van der Waals surface area contributed by atoms with Crippen LogP contribution in [0, 0.1) is 0 Å². The molecule has 1 aliphatic rings. The Hall–Kier alpha value is -2.02. The Morgan fingerprint density at radius 2 is 1.89 bits per heavy atom. The molecule has 0 amide bonds. The van der Waals surface area contributed by atoms with E-state index in [4.69, 9.17) is 4.74 Å². The zero-order chi connectivity index (χ0) is 13.2. The van der Waals surface area contributed by atoms with E-state index in [-0.39, 0.29) is 5.75 Å². The molecule has 7 heteroatoms. The number of halogens is 3. The summed E-state index contributed by atoms with van der Waals surface area (Å²) in [4.78, 5) is 11.6. The van der Waals surface area contributed by atoms with E-state index >= 15 is 0 Å². The third-order valence-corrected chi connectivity index (χ3v) is 2.22. The quantitative estimate of drug-likeness (QED) is 0.623. The van der Waals surface area contributed by atoms with Gasteiger partial charge in [-0.15, -0.1) is 0 Å². The lowest BCUT2D eigenvalue weighted by atomic mass is 10.2. The van der Waals surface area contributed by atoms with Gasteiger partial charge in [-0.25, -0.2) is 10.2 Å². The highest BCUT2D eigenvalue weighted by Gasteiger charge is 2.39. The van der Waals surface area contributed by atoms with Crippen LogP contribution in [0.2, 0.25) is 0 Å². The van der Waals surface area contributed by atoms with Crippen LogP contribution < -0.4 is 15.6 Å². The molecule has 0 fully saturated rings. The van der Waals surface area contributed by atoms with Gasteiger partial charge in [0.15, 0.2) is 0 Å². The Labute approximate surface area is 100 Å². The van der Waals surface area contributed by atoms with Crippen LogP contribution in [-0.4, -0.2) is 18.2 Å². The van der Waals surface area contributed by atoms with Gasteiger partial charge in [0.25, 0.3) is 0 Å². The number of alkyl halides is 3. The molecule has 1 atom stereocenters. The number of hydrogen-bond donors (Lipinski definition) is 2. The fourth-order valence-corrected chi connectivity index (χ4v) is 1.37. The highest BCUT2D eigenvalue weighted by molar-refractivity contribution is 5.81. The maximum absolute atomic E-state index is 12.3. The van der Waals surface area contributed by atoms with Crippen molar-refractivity contribution in [3.05, 3.63) is 42.1 Å². The molecular weight excluding hydrogens is 249 g/mol. The van der Waals surface area contributed by atoms with Gasteiger partial charge < -0.3 is 10.2 Å². The number of hydrogen-bond acceptors (Lipinski definition) is 4. The van der Waals surface area contributed by atoms with E-state index in [9.17, 15) is 18.0 Å². The summed E-state index contributed by atoms with van der Waals surface area (Å²) in [6.07, 6.45) is -3.78. The van der Waals surface area contributed by atoms with Gasteiger partial charge in [0.05, 0.1) is 0 Å². The summed E-state index contributed by atoms with van der Waals surface area (Å²) in [7, 11) is 0. The lowest BCUT2D eigenvalue weighted by Gasteiger charge is -2.09. The Morgan fingerprint density at radius 3 is 2.44 bits per heavy atom. The lowest BCUT2D eigenvalue weighted by molar-refractivity contribution is -0.135. The van der Waals surface area contributed by atoms with E-state index < -0.39 is 23.9 Å². The van der Waals surface area contributed by atoms with E-state index in [1.54, 1.807) is 18.2 Å². The molecule has 0 bridgehead atoms. The molecule has 0 spiro atoms. The fraction of sp³-hybridized carbons (Fsp3) is 0.182. The molecule has 0 aliphatic carbocycles. The third kappa shape index (κ3) is 2.80. The van der Waals surface area contributed by atoms with Gasteiger partial charge in [-0.1, -0.05) is 18.2 Å². The fourth-order valence-electron chi connectivity index (χ4n) is 1.37. The van der Waals surface area contributed by atoms with E-state index in [1.165, 1.54) is 12.1 Å². The minimum absolute atomic E-state index is 0.276. The molecule has 1 aliphatic heterocycles. The number of hydrazine groups is 1. The molecule has 2 N–H and O–H groups in total. The van der Waals surface area contributed by atoms with Crippen LogP contribution in [0.4, 0.5) is 13.2 Å².